The molecule has 0 aromatic rings. The Labute approximate surface area is 131 Å². The first-order valence-electron chi connectivity index (χ1n) is 9.38. The van der Waals surface area contributed by atoms with Crippen molar-refractivity contribution in [1.29, 1.82) is 0 Å². The third-order valence-corrected chi connectivity index (χ3v) is 8.53. The zero-order chi connectivity index (χ0) is 15.1. The van der Waals surface area contributed by atoms with Crippen molar-refractivity contribution in [3.63, 3.8) is 0 Å². The molecule has 1 nitrogen and oxygen atoms in total. The Morgan fingerprint density at radius 3 is 2.29 bits per heavy atom. The maximum Gasteiger partial charge on any atom is 0.0920 e. The molecule has 1 saturated heterocycles. The van der Waals surface area contributed by atoms with Crippen molar-refractivity contribution in [3.05, 3.63) is 0 Å². The maximum absolute atomic E-state index is 6.07. The molecule has 4 fully saturated rings. The summed E-state index contributed by atoms with van der Waals surface area (Å²) in [5.74, 6) is 1.87. The number of ether oxygens (including phenoxy) is 1. The summed E-state index contributed by atoms with van der Waals surface area (Å²) < 4.78 is 6.07. The van der Waals surface area contributed by atoms with E-state index >= 15 is 0 Å². The van der Waals surface area contributed by atoms with Gasteiger partial charge in [0, 0.05) is 0 Å². The van der Waals surface area contributed by atoms with E-state index < -0.39 is 0 Å². The quantitative estimate of drug-likeness (QED) is 0.531. The second kappa shape index (κ2) is 4.08. The summed E-state index contributed by atoms with van der Waals surface area (Å²) in [5.41, 5.74) is 1.93. The lowest BCUT2D eigenvalue weighted by molar-refractivity contribution is -0.135. The Bertz CT molecular complexity index is 455. The van der Waals surface area contributed by atoms with E-state index in [9.17, 15) is 0 Å². The Morgan fingerprint density at radius 2 is 1.52 bits per heavy atom. The van der Waals surface area contributed by atoms with E-state index in [1.165, 1.54) is 51.4 Å². The summed E-state index contributed by atoms with van der Waals surface area (Å²) in [5, 5.41) is 0. The van der Waals surface area contributed by atoms with Crippen LogP contribution in [0.5, 0.6) is 0 Å². The standard InChI is InChI=1S/C20H34O/c1-17(2)9-6-10-19(4)14(17)7-11-18(3)13-16-20(5,21-16)12-8-15(18)19/h14-16H,6-13H2,1-5H3/t14-,15+,16+,18-,19-,20-/m1/s1. The van der Waals surface area contributed by atoms with Crippen molar-refractivity contribution in [1.82, 2.24) is 0 Å². The normalized spacial score (nSPS) is 58.4. The summed E-state index contributed by atoms with van der Waals surface area (Å²) in [4.78, 5) is 0. The lowest BCUT2D eigenvalue weighted by Crippen LogP contribution is -2.54. The summed E-state index contributed by atoms with van der Waals surface area (Å²) in [6.07, 6.45) is 11.9. The molecule has 0 bridgehead atoms. The van der Waals surface area contributed by atoms with Crippen LogP contribution < -0.4 is 0 Å². The summed E-state index contributed by atoms with van der Waals surface area (Å²) in [6, 6.07) is 0. The maximum atomic E-state index is 6.07. The molecule has 0 unspecified atom stereocenters. The van der Waals surface area contributed by atoms with Crippen molar-refractivity contribution >= 4 is 0 Å². The van der Waals surface area contributed by atoms with Crippen LogP contribution in [0.1, 0.15) is 86.0 Å². The van der Waals surface area contributed by atoms with Gasteiger partial charge in [-0.15, -0.1) is 0 Å². The van der Waals surface area contributed by atoms with Crippen LogP contribution in [-0.2, 0) is 4.74 Å². The highest BCUT2D eigenvalue weighted by Gasteiger charge is 2.64. The number of hydrogen-bond acceptors (Lipinski definition) is 1. The van der Waals surface area contributed by atoms with Crippen LogP contribution in [0.3, 0.4) is 0 Å². The number of hydrogen-bond donors (Lipinski definition) is 0. The van der Waals surface area contributed by atoms with Gasteiger partial charge in [0.25, 0.3) is 0 Å². The van der Waals surface area contributed by atoms with Crippen molar-refractivity contribution in [3.8, 4) is 0 Å². The first kappa shape index (κ1) is 14.5. The molecule has 4 rings (SSSR count). The van der Waals surface area contributed by atoms with E-state index in [-0.39, 0.29) is 5.60 Å². The van der Waals surface area contributed by atoms with Gasteiger partial charge in [-0.1, -0.05) is 34.1 Å². The molecule has 0 aromatic carbocycles. The lowest BCUT2D eigenvalue weighted by atomic mass is 9.42. The van der Waals surface area contributed by atoms with Crippen LogP contribution in [-0.4, -0.2) is 11.7 Å². The Kier molecular flexibility index (Phi) is 2.82. The first-order chi connectivity index (χ1) is 9.70. The number of epoxide rings is 1. The molecule has 0 aromatic heterocycles. The van der Waals surface area contributed by atoms with Crippen molar-refractivity contribution in [2.75, 3.05) is 0 Å². The smallest absolute Gasteiger partial charge is 0.0920 e. The lowest BCUT2D eigenvalue weighted by Gasteiger charge is -2.62. The summed E-state index contributed by atoms with van der Waals surface area (Å²) in [7, 11) is 0. The molecule has 3 saturated carbocycles. The van der Waals surface area contributed by atoms with Gasteiger partial charge in [-0.3, -0.25) is 0 Å². The van der Waals surface area contributed by atoms with Crippen LogP contribution in [0.25, 0.3) is 0 Å². The molecule has 0 radical (unpaired) electrons. The second-order valence-corrected chi connectivity index (χ2v) is 10.3. The van der Waals surface area contributed by atoms with E-state index in [0.29, 0.717) is 22.3 Å². The molecule has 21 heavy (non-hydrogen) atoms. The fraction of sp³-hybridized carbons (Fsp3) is 1.00. The van der Waals surface area contributed by atoms with Crippen molar-refractivity contribution < 1.29 is 4.74 Å². The van der Waals surface area contributed by atoms with E-state index in [1.807, 2.05) is 0 Å². The topological polar surface area (TPSA) is 12.5 Å². The average Bonchev–Trinajstić information content (AvgIpc) is 2.97. The molecule has 120 valence electrons. The van der Waals surface area contributed by atoms with Crippen molar-refractivity contribution in [2.24, 2.45) is 28.1 Å². The molecule has 0 amide bonds. The Morgan fingerprint density at radius 1 is 0.810 bits per heavy atom. The van der Waals surface area contributed by atoms with Crippen LogP contribution in [0.4, 0.5) is 0 Å². The zero-order valence-corrected chi connectivity index (χ0v) is 14.8. The predicted molar refractivity (Wildman–Crippen MR) is 87.2 cm³/mol. The molecule has 0 N–H and O–H groups in total. The fourth-order valence-corrected chi connectivity index (χ4v) is 7.29. The number of rotatable bonds is 0. The molecule has 4 aliphatic rings. The Hall–Kier alpha value is -0.0400. The third-order valence-electron chi connectivity index (χ3n) is 8.53. The highest BCUT2D eigenvalue weighted by molar-refractivity contribution is 5.13. The van der Waals surface area contributed by atoms with E-state index in [2.05, 4.69) is 34.6 Å². The minimum Gasteiger partial charge on any atom is -0.366 e. The molecule has 1 heteroatoms. The molecule has 1 heterocycles. The molecule has 0 spiro atoms. The van der Waals surface area contributed by atoms with Crippen LogP contribution in [0.2, 0.25) is 0 Å². The van der Waals surface area contributed by atoms with Crippen molar-refractivity contribution in [2.45, 2.75) is 97.7 Å². The molecule has 3 aliphatic carbocycles. The van der Waals surface area contributed by atoms with Gasteiger partial charge >= 0.3 is 0 Å². The van der Waals surface area contributed by atoms with Gasteiger partial charge in [-0.05, 0) is 80.0 Å². The second-order valence-electron chi connectivity index (χ2n) is 10.3. The van der Waals surface area contributed by atoms with Gasteiger partial charge in [0.2, 0.25) is 0 Å². The van der Waals surface area contributed by atoms with E-state index in [4.69, 9.17) is 4.74 Å². The van der Waals surface area contributed by atoms with Gasteiger partial charge in [-0.2, -0.15) is 0 Å². The highest BCUT2D eigenvalue weighted by Crippen LogP contribution is 2.69. The molecule has 6 atom stereocenters. The van der Waals surface area contributed by atoms with Gasteiger partial charge < -0.3 is 4.74 Å². The summed E-state index contributed by atoms with van der Waals surface area (Å²) in [6.45, 7) is 12.7. The largest absolute Gasteiger partial charge is 0.366 e. The zero-order valence-electron chi connectivity index (χ0n) is 14.8. The van der Waals surface area contributed by atoms with Crippen LogP contribution >= 0.6 is 0 Å². The van der Waals surface area contributed by atoms with Crippen LogP contribution in [0.15, 0.2) is 0 Å². The average molecular weight is 290 g/mol. The van der Waals surface area contributed by atoms with E-state index in [0.717, 1.165) is 11.8 Å². The van der Waals surface area contributed by atoms with Gasteiger partial charge in [0.15, 0.2) is 0 Å². The van der Waals surface area contributed by atoms with Gasteiger partial charge in [0.05, 0.1) is 11.7 Å². The van der Waals surface area contributed by atoms with Gasteiger partial charge in [0.1, 0.15) is 0 Å². The van der Waals surface area contributed by atoms with Gasteiger partial charge in [-0.25, -0.2) is 0 Å². The molecular formula is C20H34O. The fourth-order valence-electron chi connectivity index (χ4n) is 7.29. The minimum atomic E-state index is 0.246. The minimum absolute atomic E-state index is 0.246. The Balaban J connectivity index is 1.70. The monoisotopic (exact) mass is 290 g/mol. The third kappa shape index (κ3) is 1.92. The van der Waals surface area contributed by atoms with E-state index in [1.54, 1.807) is 0 Å². The SMILES string of the molecule is CC1(C)CCC[C@]2(C)[C@@H]1CC[C@]1(C)C[C@@H]3O[C@]3(C)CC[C@@H]12. The highest BCUT2D eigenvalue weighted by atomic mass is 16.6. The predicted octanol–water partition coefficient (Wildman–Crippen LogP) is 5.58. The summed E-state index contributed by atoms with van der Waals surface area (Å²) >= 11 is 0. The van der Waals surface area contributed by atoms with Crippen LogP contribution in [0, 0.1) is 28.1 Å². The molecule has 1 aliphatic heterocycles. The first-order valence-corrected chi connectivity index (χ1v) is 9.38. The number of fused-ring (bicyclic) bond motifs is 4. The molecular weight excluding hydrogens is 256 g/mol.